The number of thioether (sulfide) groups is 2. The third kappa shape index (κ3) is 4.81. The maximum Gasteiger partial charge on any atom is 0.253 e. The molecule has 2 aliphatic rings. The Morgan fingerprint density at radius 3 is 2.61 bits per heavy atom. The average molecular weight is 373 g/mol. The zero-order valence-corrected chi connectivity index (χ0v) is 15.9. The molecule has 3 nitrogen and oxygen atoms in total. The molecule has 128 valence electrons. The SMILES string of the molecule is CNCC1CCN(C(=O)c2ccc(C3SCCCS3)cc2)C1.Cl. The maximum absolute atomic E-state index is 12.6. The standard InChI is InChI=1S/C17H24N2OS2.ClH/c1-18-11-13-7-8-19(12-13)16(20)14-3-5-15(6-4-14)17-21-9-2-10-22-17;/h3-6,13,17-18H,2,7-12H2,1H3;1H. The number of hydrogen-bond acceptors (Lipinski definition) is 4. The van der Waals surface area contributed by atoms with Gasteiger partial charge in [0, 0.05) is 18.7 Å². The van der Waals surface area contributed by atoms with Gasteiger partial charge in [-0.1, -0.05) is 12.1 Å². The molecular weight excluding hydrogens is 348 g/mol. The Kier molecular flexibility index (Phi) is 7.60. The van der Waals surface area contributed by atoms with Gasteiger partial charge in [-0.05, 0) is 61.6 Å². The molecule has 1 atom stereocenters. The van der Waals surface area contributed by atoms with Crippen molar-refractivity contribution < 1.29 is 4.79 Å². The number of halogens is 1. The second-order valence-corrected chi connectivity index (χ2v) is 8.74. The van der Waals surface area contributed by atoms with Crippen LogP contribution >= 0.6 is 35.9 Å². The molecule has 0 saturated carbocycles. The lowest BCUT2D eigenvalue weighted by Crippen LogP contribution is -2.30. The average Bonchev–Trinajstić information content (AvgIpc) is 3.04. The van der Waals surface area contributed by atoms with Crippen LogP contribution in [0.5, 0.6) is 0 Å². The highest BCUT2D eigenvalue weighted by Gasteiger charge is 2.26. The van der Waals surface area contributed by atoms with Gasteiger partial charge in [-0.25, -0.2) is 0 Å². The van der Waals surface area contributed by atoms with Gasteiger partial charge in [-0.3, -0.25) is 4.79 Å². The maximum atomic E-state index is 12.6. The summed E-state index contributed by atoms with van der Waals surface area (Å²) in [5.41, 5.74) is 2.18. The van der Waals surface area contributed by atoms with E-state index in [9.17, 15) is 4.79 Å². The van der Waals surface area contributed by atoms with Crippen molar-refractivity contribution in [2.45, 2.75) is 17.4 Å². The molecule has 2 aliphatic heterocycles. The zero-order chi connectivity index (χ0) is 15.4. The third-order valence-electron chi connectivity index (χ3n) is 4.32. The molecule has 1 aromatic carbocycles. The van der Waals surface area contributed by atoms with Gasteiger partial charge in [-0.15, -0.1) is 35.9 Å². The molecule has 1 unspecified atom stereocenters. The van der Waals surface area contributed by atoms with Crippen molar-refractivity contribution in [1.82, 2.24) is 10.2 Å². The highest BCUT2D eigenvalue weighted by molar-refractivity contribution is 8.16. The molecule has 2 saturated heterocycles. The van der Waals surface area contributed by atoms with Crippen molar-refractivity contribution in [1.29, 1.82) is 0 Å². The molecule has 0 radical (unpaired) electrons. The number of likely N-dealkylation sites (tertiary alicyclic amines) is 1. The van der Waals surface area contributed by atoms with Gasteiger partial charge in [0.25, 0.3) is 5.91 Å². The van der Waals surface area contributed by atoms with E-state index in [0.717, 1.165) is 31.6 Å². The number of amides is 1. The number of rotatable bonds is 4. The predicted octanol–water partition coefficient (Wildman–Crippen LogP) is 3.66. The lowest BCUT2D eigenvalue weighted by Gasteiger charge is -2.22. The molecule has 23 heavy (non-hydrogen) atoms. The lowest BCUT2D eigenvalue weighted by atomic mass is 10.1. The van der Waals surface area contributed by atoms with Gasteiger partial charge in [0.15, 0.2) is 0 Å². The van der Waals surface area contributed by atoms with Crippen LogP contribution < -0.4 is 5.32 Å². The molecule has 1 N–H and O–H groups in total. The van der Waals surface area contributed by atoms with Crippen molar-refractivity contribution in [3.8, 4) is 0 Å². The van der Waals surface area contributed by atoms with Crippen molar-refractivity contribution >= 4 is 41.8 Å². The van der Waals surface area contributed by atoms with Crippen LogP contribution in [-0.2, 0) is 0 Å². The van der Waals surface area contributed by atoms with Crippen molar-refractivity contribution in [3.63, 3.8) is 0 Å². The molecular formula is C17H25ClN2OS2. The van der Waals surface area contributed by atoms with E-state index in [1.807, 2.05) is 47.6 Å². The van der Waals surface area contributed by atoms with Crippen molar-refractivity contribution in [2.75, 3.05) is 38.2 Å². The number of nitrogens with one attached hydrogen (secondary N) is 1. The van der Waals surface area contributed by atoms with Gasteiger partial charge < -0.3 is 10.2 Å². The largest absolute Gasteiger partial charge is 0.338 e. The summed E-state index contributed by atoms with van der Waals surface area (Å²) in [7, 11) is 1.98. The Bertz CT molecular complexity index is 506. The smallest absolute Gasteiger partial charge is 0.253 e. The molecule has 0 bridgehead atoms. The topological polar surface area (TPSA) is 32.3 Å². The Morgan fingerprint density at radius 2 is 1.96 bits per heavy atom. The van der Waals surface area contributed by atoms with Gasteiger partial charge in [0.2, 0.25) is 0 Å². The highest BCUT2D eigenvalue weighted by Crippen LogP contribution is 2.43. The van der Waals surface area contributed by atoms with Crippen LogP contribution in [-0.4, -0.2) is 49.0 Å². The van der Waals surface area contributed by atoms with Gasteiger partial charge in [0.05, 0.1) is 4.58 Å². The second-order valence-electron chi connectivity index (χ2n) is 6.01. The molecule has 2 fully saturated rings. The number of nitrogens with zero attached hydrogens (tertiary/aromatic N) is 1. The normalized spacial score (nSPS) is 22.0. The molecule has 0 aliphatic carbocycles. The fraction of sp³-hybridized carbons (Fsp3) is 0.588. The molecule has 0 aromatic heterocycles. The van der Waals surface area contributed by atoms with Crippen LogP contribution in [0.25, 0.3) is 0 Å². The first-order valence-corrected chi connectivity index (χ1v) is 10.1. The molecule has 1 amide bonds. The van der Waals surface area contributed by atoms with Crippen molar-refractivity contribution in [3.05, 3.63) is 35.4 Å². The van der Waals surface area contributed by atoms with E-state index in [1.54, 1.807) is 0 Å². The third-order valence-corrected chi connectivity index (χ3v) is 7.34. The summed E-state index contributed by atoms with van der Waals surface area (Å²) in [4.78, 5) is 14.6. The number of carbonyl (C=O) groups is 1. The second kappa shape index (κ2) is 9.21. The lowest BCUT2D eigenvalue weighted by molar-refractivity contribution is 0.0787. The summed E-state index contributed by atoms with van der Waals surface area (Å²) < 4.78 is 0.546. The van der Waals surface area contributed by atoms with Gasteiger partial charge in [-0.2, -0.15) is 0 Å². The van der Waals surface area contributed by atoms with Crippen molar-refractivity contribution in [2.24, 2.45) is 5.92 Å². The van der Waals surface area contributed by atoms with E-state index in [4.69, 9.17) is 0 Å². The monoisotopic (exact) mass is 372 g/mol. The van der Waals surface area contributed by atoms with E-state index in [2.05, 4.69) is 17.4 Å². The minimum atomic E-state index is 0. The summed E-state index contributed by atoms with van der Waals surface area (Å²) in [6.07, 6.45) is 2.42. The highest BCUT2D eigenvalue weighted by atomic mass is 35.5. The van der Waals surface area contributed by atoms with E-state index in [-0.39, 0.29) is 18.3 Å². The number of hydrogen-bond donors (Lipinski definition) is 1. The Hall–Kier alpha value is -0.360. The fourth-order valence-electron chi connectivity index (χ4n) is 3.12. The quantitative estimate of drug-likeness (QED) is 0.874. The molecule has 3 rings (SSSR count). The minimum absolute atomic E-state index is 0. The summed E-state index contributed by atoms with van der Waals surface area (Å²) >= 11 is 4.04. The van der Waals surface area contributed by atoms with Crippen LogP contribution in [0.1, 0.15) is 33.3 Å². The first-order chi connectivity index (χ1) is 10.8. The van der Waals surface area contributed by atoms with E-state index < -0.39 is 0 Å². The van der Waals surface area contributed by atoms with Crippen LogP contribution in [0.3, 0.4) is 0 Å². The zero-order valence-electron chi connectivity index (χ0n) is 13.5. The number of benzene rings is 1. The van der Waals surface area contributed by atoms with E-state index in [0.29, 0.717) is 10.5 Å². The van der Waals surface area contributed by atoms with Crippen LogP contribution in [0.4, 0.5) is 0 Å². The Morgan fingerprint density at radius 1 is 1.26 bits per heavy atom. The van der Waals surface area contributed by atoms with E-state index >= 15 is 0 Å². The Balaban J connectivity index is 0.00000192. The number of carbonyl (C=O) groups excluding carboxylic acids is 1. The summed E-state index contributed by atoms with van der Waals surface area (Å²) in [6, 6.07) is 8.31. The molecule has 2 heterocycles. The first-order valence-electron chi connectivity index (χ1n) is 8.05. The summed E-state index contributed by atoms with van der Waals surface area (Å²) in [5.74, 6) is 3.29. The molecule has 6 heteroatoms. The van der Waals surface area contributed by atoms with Crippen LogP contribution in [0.2, 0.25) is 0 Å². The first kappa shape index (κ1) is 19.0. The molecule has 1 aromatic rings. The fourth-order valence-corrected chi connectivity index (χ4v) is 6.01. The van der Waals surface area contributed by atoms with E-state index in [1.165, 1.54) is 23.5 Å². The predicted molar refractivity (Wildman–Crippen MR) is 104 cm³/mol. The van der Waals surface area contributed by atoms with Crippen LogP contribution in [0.15, 0.2) is 24.3 Å². The van der Waals surface area contributed by atoms with Crippen LogP contribution in [0, 0.1) is 5.92 Å². The minimum Gasteiger partial charge on any atom is -0.338 e. The molecule has 0 spiro atoms. The Labute approximate surface area is 153 Å². The summed E-state index contributed by atoms with van der Waals surface area (Å²) in [6.45, 7) is 2.77. The van der Waals surface area contributed by atoms with Gasteiger partial charge in [0.1, 0.15) is 0 Å². The summed E-state index contributed by atoms with van der Waals surface area (Å²) in [5, 5.41) is 3.21. The van der Waals surface area contributed by atoms with Gasteiger partial charge >= 0.3 is 0 Å².